The van der Waals surface area contributed by atoms with E-state index in [0.29, 0.717) is 6.54 Å². The molecule has 0 fully saturated rings. The third-order valence-electron chi connectivity index (χ3n) is 2.55. The summed E-state index contributed by atoms with van der Waals surface area (Å²) in [6.07, 6.45) is 0. The summed E-state index contributed by atoms with van der Waals surface area (Å²) in [5.74, 6) is -2.64. The molecule has 0 saturated heterocycles. The van der Waals surface area contributed by atoms with Gasteiger partial charge >= 0.3 is 5.97 Å². The molecule has 0 aliphatic rings. The second-order valence-corrected chi connectivity index (χ2v) is 4.24. The number of esters is 1. The van der Waals surface area contributed by atoms with Crippen molar-refractivity contribution in [2.45, 2.75) is 19.9 Å². The van der Waals surface area contributed by atoms with Crippen LogP contribution in [-0.4, -0.2) is 37.0 Å². The number of hydrogen-bond donors (Lipinski definition) is 2. The Balaban J connectivity index is 2.45. The average Bonchev–Trinajstić information content (AvgIpc) is 2.45. The molecule has 0 radical (unpaired) electrons. The first-order chi connectivity index (χ1) is 9.95. The van der Waals surface area contributed by atoms with Crippen LogP contribution in [0, 0.1) is 5.82 Å². The van der Waals surface area contributed by atoms with Gasteiger partial charge in [-0.15, -0.1) is 0 Å². The lowest BCUT2D eigenvalue weighted by molar-refractivity contribution is -0.130. The number of ether oxygens (including phenoxy) is 1. The van der Waals surface area contributed by atoms with Crippen molar-refractivity contribution in [1.82, 2.24) is 10.6 Å². The Bertz CT molecular complexity index is 533. The predicted octanol–water partition coefficient (Wildman–Crippen LogP) is 0.623. The van der Waals surface area contributed by atoms with Gasteiger partial charge in [0.25, 0.3) is 5.91 Å². The number of carbonyl (C=O) groups is 3. The smallest absolute Gasteiger partial charge is 0.341 e. The molecule has 0 bridgehead atoms. The summed E-state index contributed by atoms with van der Waals surface area (Å²) in [6, 6.07) is 4.55. The SMILES string of the molecule is CCNC(=O)[C@H](C)NC(=O)COC(=O)c1ccccc1F. The highest BCUT2D eigenvalue weighted by Crippen LogP contribution is 2.07. The van der Waals surface area contributed by atoms with Crippen molar-refractivity contribution in [3.8, 4) is 0 Å². The minimum atomic E-state index is -0.936. The highest BCUT2D eigenvalue weighted by Gasteiger charge is 2.17. The highest BCUT2D eigenvalue weighted by atomic mass is 19.1. The van der Waals surface area contributed by atoms with Gasteiger partial charge in [-0.1, -0.05) is 12.1 Å². The van der Waals surface area contributed by atoms with Crippen LogP contribution in [0.4, 0.5) is 4.39 Å². The topological polar surface area (TPSA) is 84.5 Å². The molecular weight excluding hydrogens is 279 g/mol. The molecular formula is C14H17FN2O4. The third-order valence-corrected chi connectivity index (χ3v) is 2.55. The van der Waals surface area contributed by atoms with E-state index in [2.05, 4.69) is 15.4 Å². The second-order valence-electron chi connectivity index (χ2n) is 4.24. The van der Waals surface area contributed by atoms with Gasteiger partial charge in [-0.2, -0.15) is 0 Å². The average molecular weight is 296 g/mol. The molecule has 7 heteroatoms. The van der Waals surface area contributed by atoms with Crippen LogP contribution < -0.4 is 10.6 Å². The molecule has 1 atom stereocenters. The second kappa shape index (κ2) is 7.98. The van der Waals surface area contributed by atoms with Crippen molar-refractivity contribution in [3.63, 3.8) is 0 Å². The normalized spacial score (nSPS) is 11.4. The quantitative estimate of drug-likeness (QED) is 0.754. The van der Waals surface area contributed by atoms with Gasteiger partial charge in [-0.25, -0.2) is 9.18 Å². The first-order valence-corrected chi connectivity index (χ1v) is 6.44. The van der Waals surface area contributed by atoms with Gasteiger partial charge in [0.05, 0.1) is 5.56 Å². The molecule has 0 spiro atoms. The predicted molar refractivity (Wildman–Crippen MR) is 73.0 cm³/mol. The fourth-order valence-corrected chi connectivity index (χ4v) is 1.51. The molecule has 2 amide bonds. The maximum Gasteiger partial charge on any atom is 0.341 e. The van der Waals surface area contributed by atoms with Crippen molar-refractivity contribution >= 4 is 17.8 Å². The fraction of sp³-hybridized carbons (Fsp3) is 0.357. The van der Waals surface area contributed by atoms with E-state index in [0.717, 1.165) is 6.07 Å². The fourth-order valence-electron chi connectivity index (χ4n) is 1.51. The first-order valence-electron chi connectivity index (χ1n) is 6.44. The van der Waals surface area contributed by atoms with Crippen molar-refractivity contribution in [2.24, 2.45) is 0 Å². The molecule has 0 unspecified atom stereocenters. The Labute approximate surface area is 121 Å². The Hall–Kier alpha value is -2.44. The zero-order chi connectivity index (χ0) is 15.8. The van der Waals surface area contributed by atoms with E-state index in [9.17, 15) is 18.8 Å². The van der Waals surface area contributed by atoms with Gasteiger partial charge in [0.1, 0.15) is 11.9 Å². The summed E-state index contributed by atoms with van der Waals surface area (Å²) in [5.41, 5.74) is -0.248. The largest absolute Gasteiger partial charge is 0.452 e. The molecule has 0 aromatic heterocycles. The van der Waals surface area contributed by atoms with Gasteiger partial charge in [-0.05, 0) is 26.0 Å². The van der Waals surface area contributed by atoms with Gasteiger partial charge in [-0.3, -0.25) is 9.59 Å². The van der Waals surface area contributed by atoms with Crippen LogP contribution in [0.5, 0.6) is 0 Å². The zero-order valence-corrected chi connectivity index (χ0v) is 11.8. The number of nitrogens with one attached hydrogen (secondary N) is 2. The third kappa shape index (κ3) is 5.21. The van der Waals surface area contributed by atoms with Crippen LogP contribution in [0.3, 0.4) is 0 Å². The Morgan fingerprint density at radius 3 is 2.57 bits per heavy atom. The Morgan fingerprint density at radius 1 is 1.29 bits per heavy atom. The molecule has 6 nitrogen and oxygen atoms in total. The van der Waals surface area contributed by atoms with Crippen molar-refractivity contribution < 1.29 is 23.5 Å². The lowest BCUT2D eigenvalue weighted by Gasteiger charge is -2.13. The van der Waals surface area contributed by atoms with Crippen LogP contribution in [0.15, 0.2) is 24.3 Å². The molecule has 0 heterocycles. The van der Waals surface area contributed by atoms with Gasteiger partial charge in [0.2, 0.25) is 5.91 Å². The molecule has 114 valence electrons. The maximum atomic E-state index is 13.3. The lowest BCUT2D eigenvalue weighted by atomic mass is 10.2. The van der Waals surface area contributed by atoms with E-state index >= 15 is 0 Å². The van der Waals surface area contributed by atoms with Crippen molar-refractivity contribution in [2.75, 3.05) is 13.2 Å². The summed E-state index contributed by atoms with van der Waals surface area (Å²) in [4.78, 5) is 34.5. The van der Waals surface area contributed by atoms with E-state index in [1.807, 2.05) is 0 Å². The number of benzene rings is 1. The van der Waals surface area contributed by atoms with E-state index in [4.69, 9.17) is 0 Å². The van der Waals surface area contributed by atoms with Crippen molar-refractivity contribution in [1.29, 1.82) is 0 Å². The molecule has 1 rings (SSSR count). The van der Waals surface area contributed by atoms with Crippen LogP contribution in [0.2, 0.25) is 0 Å². The van der Waals surface area contributed by atoms with Gasteiger partial charge in [0, 0.05) is 6.54 Å². The molecule has 2 N–H and O–H groups in total. The van der Waals surface area contributed by atoms with Crippen LogP contribution >= 0.6 is 0 Å². The molecule has 1 aromatic rings. The van der Waals surface area contributed by atoms with Crippen LogP contribution in [0.1, 0.15) is 24.2 Å². The van der Waals surface area contributed by atoms with Crippen molar-refractivity contribution in [3.05, 3.63) is 35.6 Å². The van der Waals surface area contributed by atoms with Crippen LogP contribution in [0.25, 0.3) is 0 Å². The molecule has 1 aromatic carbocycles. The summed E-state index contributed by atoms with van der Waals surface area (Å²) >= 11 is 0. The van der Waals surface area contributed by atoms with Gasteiger partial charge < -0.3 is 15.4 Å². The van der Waals surface area contributed by atoms with E-state index in [-0.39, 0.29) is 11.5 Å². The Morgan fingerprint density at radius 2 is 1.95 bits per heavy atom. The highest BCUT2D eigenvalue weighted by molar-refractivity contribution is 5.92. The molecule has 0 saturated carbocycles. The number of amides is 2. The van der Waals surface area contributed by atoms with E-state index < -0.39 is 30.3 Å². The monoisotopic (exact) mass is 296 g/mol. The van der Waals surface area contributed by atoms with Crippen LogP contribution in [-0.2, 0) is 14.3 Å². The van der Waals surface area contributed by atoms with E-state index in [1.165, 1.54) is 25.1 Å². The first kappa shape index (κ1) is 16.6. The molecule has 0 aliphatic heterocycles. The Kier molecular flexibility index (Phi) is 6.32. The molecule has 0 aliphatic carbocycles. The zero-order valence-electron chi connectivity index (χ0n) is 11.8. The van der Waals surface area contributed by atoms with Gasteiger partial charge in [0.15, 0.2) is 6.61 Å². The lowest BCUT2D eigenvalue weighted by Crippen LogP contribution is -2.46. The minimum Gasteiger partial charge on any atom is -0.452 e. The summed E-state index contributed by atoms with van der Waals surface area (Å²) in [6.45, 7) is 3.11. The number of rotatable bonds is 6. The maximum absolute atomic E-state index is 13.3. The number of likely N-dealkylation sites (N-methyl/N-ethyl adjacent to an activating group) is 1. The summed E-state index contributed by atoms with van der Waals surface area (Å²) in [5, 5.41) is 4.90. The number of halogens is 1. The summed E-state index contributed by atoms with van der Waals surface area (Å²) < 4.78 is 18.0. The number of carbonyl (C=O) groups excluding carboxylic acids is 3. The summed E-state index contributed by atoms with van der Waals surface area (Å²) in [7, 11) is 0. The molecule has 21 heavy (non-hydrogen) atoms. The minimum absolute atomic E-state index is 0.248. The standard InChI is InChI=1S/C14H17FN2O4/c1-3-16-13(19)9(2)17-12(18)8-21-14(20)10-6-4-5-7-11(10)15/h4-7,9H,3,8H2,1-2H3,(H,16,19)(H,17,18)/t9-/m0/s1. The van der Waals surface area contributed by atoms with E-state index in [1.54, 1.807) is 6.92 Å². The number of hydrogen-bond acceptors (Lipinski definition) is 4.